The maximum Gasteiger partial charge on any atom is 0.337 e. The van der Waals surface area contributed by atoms with E-state index in [2.05, 4.69) is 36.2 Å². The van der Waals surface area contributed by atoms with Gasteiger partial charge in [-0.2, -0.15) is 0 Å². The second-order valence-corrected chi connectivity index (χ2v) is 6.57. The Balaban J connectivity index is 1.74. The molecule has 1 aromatic heterocycles. The standard InChI is InChI=1S/C20H20N2O2/c1-21-11-10-15(12-21)14-6-8-16(9-7-14)22-13-18(20(23)24)17-4-2-3-5-19(17)22/h2-9,13,15H,10-12H2,1H3,(H,23,24). The summed E-state index contributed by atoms with van der Waals surface area (Å²) in [5.74, 6) is -0.296. The van der Waals surface area contributed by atoms with Crippen LogP contribution in [0.5, 0.6) is 0 Å². The number of carboxylic acids is 1. The zero-order chi connectivity index (χ0) is 16.7. The highest BCUT2D eigenvalue weighted by atomic mass is 16.4. The van der Waals surface area contributed by atoms with Crippen LogP contribution in [0.4, 0.5) is 0 Å². The summed E-state index contributed by atoms with van der Waals surface area (Å²) in [6.07, 6.45) is 2.91. The third-order valence-electron chi connectivity index (χ3n) is 4.98. The summed E-state index contributed by atoms with van der Waals surface area (Å²) in [5, 5.41) is 10.2. The van der Waals surface area contributed by atoms with Gasteiger partial charge in [0, 0.05) is 23.8 Å². The second kappa shape index (κ2) is 5.80. The molecule has 2 aromatic carbocycles. The molecule has 24 heavy (non-hydrogen) atoms. The van der Waals surface area contributed by atoms with E-state index in [9.17, 15) is 9.90 Å². The Hall–Kier alpha value is -2.59. The van der Waals surface area contributed by atoms with Crippen LogP contribution in [0, 0.1) is 0 Å². The predicted octanol–water partition coefficient (Wildman–Crippen LogP) is 3.75. The van der Waals surface area contributed by atoms with Crippen molar-refractivity contribution in [3.63, 3.8) is 0 Å². The molecule has 0 amide bonds. The first-order valence-electron chi connectivity index (χ1n) is 8.26. The molecular formula is C20H20N2O2. The van der Waals surface area contributed by atoms with Gasteiger partial charge in [-0.3, -0.25) is 0 Å². The van der Waals surface area contributed by atoms with Gasteiger partial charge in [0.15, 0.2) is 0 Å². The first-order chi connectivity index (χ1) is 11.6. The highest BCUT2D eigenvalue weighted by Gasteiger charge is 2.21. The van der Waals surface area contributed by atoms with Crippen LogP contribution in [-0.4, -0.2) is 40.7 Å². The molecule has 4 heteroatoms. The van der Waals surface area contributed by atoms with Crippen molar-refractivity contribution in [1.82, 2.24) is 9.47 Å². The van der Waals surface area contributed by atoms with Crippen molar-refractivity contribution in [2.75, 3.05) is 20.1 Å². The highest BCUT2D eigenvalue weighted by molar-refractivity contribution is 6.04. The minimum Gasteiger partial charge on any atom is -0.478 e. The van der Waals surface area contributed by atoms with E-state index in [0.29, 0.717) is 11.5 Å². The lowest BCUT2D eigenvalue weighted by Gasteiger charge is -2.12. The Kier molecular flexibility index (Phi) is 3.62. The molecule has 3 aromatic rings. The number of carbonyl (C=O) groups is 1. The molecule has 2 heterocycles. The van der Waals surface area contributed by atoms with Crippen molar-refractivity contribution in [1.29, 1.82) is 0 Å². The van der Waals surface area contributed by atoms with E-state index in [1.165, 1.54) is 12.0 Å². The first kappa shape index (κ1) is 15.0. The lowest BCUT2D eigenvalue weighted by atomic mass is 9.98. The van der Waals surface area contributed by atoms with E-state index in [-0.39, 0.29) is 0 Å². The molecule has 0 bridgehead atoms. The summed E-state index contributed by atoms with van der Waals surface area (Å²) in [7, 11) is 2.16. The molecular weight excluding hydrogens is 300 g/mol. The predicted molar refractivity (Wildman–Crippen MR) is 95.1 cm³/mol. The molecule has 1 N–H and O–H groups in total. The first-order valence-corrected chi connectivity index (χ1v) is 8.26. The number of hydrogen-bond acceptors (Lipinski definition) is 2. The summed E-state index contributed by atoms with van der Waals surface area (Å²) in [5.41, 5.74) is 3.61. The number of hydrogen-bond donors (Lipinski definition) is 1. The largest absolute Gasteiger partial charge is 0.478 e. The lowest BCUT2D eigenvalue weighted by molar-refractivity contribution is 0.0699. The molecule has 0 saturated carbocycles. The Morgan fingerprint density at radius 2 is 1.88 bits per heavy atom. The number of likely N-dealkylation sites (tertiary alicyclic amines) is 1. The third kappa shape index (κ3) is 2.49. The van der Waals surface area contributed by atoms with Crippen molar-refractivity contribution in [2.24, 2.45) is 0 Å². The maximum atomic E-state index is 11.5. The van der Waals surface area contributed by atoms with E-state index in [1.54, 1.807) is 6.20 Å². The van der Waals surface area contributed by atoms with Gasteiger partial charge in [-0.1, -0.05) is 30.3 Å². The number of carboxylic acid groups (broad SMARTS) is 1. The number of fused-ring (bicyclic) bond motifs is 1. The van der Waals surface area contributed by atoms with E-state index in [0.717, 1.165) is 29.7 Å². The van der Waals surface area contributed by atoms with Gasteiger partial charge >= 0.3 is 5.97 Å². The van der Waals surface area contributed by atoms with Crippen LogP contribution < -0.4 is 0 Å². The smallest absolute Gasteiger partial charge is 0.337 e. The van der Waals surface area contributed by atoms with Crippen LogP contribution >= 0.6 is 0 Å². The number of likely N-dealkylation sites (N-methyl/N-ethyl adjacent to an activating group) is 1. The quantitative estimate of drug-likeness (QED) is 0.799. The minimum absolute atomic E-state index is 0.340. The van der Waals surface area contributed by atoms with E-state index in [4.69, 9.17) is 0 Å². The summed E-state index contributed by atoms with van der Waals surface area (Å²) in [6, 6.07) is 16.2. The molecule has 1 atom stereocenters. The van der Waals surface area contributed by atoms with Crippen molar-refractivity contribution >= 4 is 16.9 Å². The van der Waals surface area contributed by atoms with Crippen LogP contribution in [0.15, 0.2) is 54.7 Å². The molecule has 122 valence electrons. The molecule has 0 spiro atoms. The fourth-order valence-electron chi connectivity index (χ4n) is 3.68. The summed E-state index contributed by atoms with van der Waals surface area (Å²) in [4.78, 5) is 13.9. The zero-order valence-corrected chi connectivity index (χ0v) is 13.6. The Bertz CT molecular complexity index is 896. The lowest BCUT2D eigenvalue weighted by Crippen LogP contribution is -2.13. The van der Waals surface area contributed by atoms with Crippen LogP contribution in [0.1, 0.15) is 28.3 Å². The van der Waals surface area contributed by atoms with Crippen molar-refractivity contribution < 1.29 is 9.90 Å². The number of rotatable bonds is 3. The molecule has 1 unspecified atom stereocenters. The van der Waals surface area contributed by atoms with Crippen molar-refractivity contribution in [3.8, 4) is 5.69 Å². The molecule has 4 rings (SSSR count). The van der Waals surface area contributed by atoms with Crippen molar-refractivity contribution in [3.05, 3.63) is 65.9 Å². The molecule has 0 radical (unpaired) electrons. The van der Waals surface area contributed by atoms with Gasteiger partial charge < -0.3 is 14.6 Å². The number of para-hydroxylation sites is 1. The topological polar surface area (TPSA) is 45.5 Å². The Morgan fingerprint density at radius 1 is 1.12 bits per heavy atom. The van der Waals surface area contributed by atoms with Crippen LogP contribution in [0.3, 0.4) is 0 Å². The molecule has 4 nitrogen and oxygen atoms in total. The van der Waals surface area contributed by atoms with E-state index >= 15 is 0 Å². The SMILES string of the molecule is CN1CCC(c2ccc(-n3cc(C(=O)O)c4ccccc43)cc2)C1. The zero-order valence-electron chi connectivity index (χ0n) is 13.6. The molecule has 0 aliphatic carbocycles. The number of aromatic carboxylic acids is 1. The molecule has 1 saturated heterocycles. The van der Waals surface area contributed by atoms with Gasteiger partial charge in [-0.05, 0) is 49.7 Å². The third-order valence-corrected chi connectivity index (χ3v) is 4.98. The normalized spacial score (nSPS) is 18.3. The molecule has 1 aliphatic heterocycles. The summed E-state index contributed by atoms with van der Waals surface area (Å²) >= 11 is 0. The number of aromatic nitrogens is 1. The minimum atomic E-state index is -0.893. The Morgan fingerprint density at radius 3 is 2.54 bits per heavy atom. The van der Waals surface area contributed by atoms with Crippen LogP contribution in [0.2, 0.25) is 0 Å². The number of benzene rings is 2. The van der Waals surface area contributed by atoms with E-state index in [1.807, 2.05) is 28.8 Å². The second-order valence-electron chi connectivity index (χ2n) is 6.57. The van der Waals surface area contributed by atoms with Gasteiger partial charge in [0.05, 0.1) is 11.1 Å². The molecule has 1 aliphatic rings. The van der Waals surface area contributed by atoms with Gasteiger partial charge in [-0.15, -0.1) is 0 Å². The van der Waals surface area contributed by atoms with Gasteiger partial charge in [0.1, 0.15) is 0 Å². The molecule has 1 fully saturated rings. The van der Waals surface area contributed by atoms with Gasteiger partial charge in [0.25, 0.3) is 0 Å². The fourth-order valence-corrected chi connectivity index (χ4v) is 3.68. The average molecular weight is 320 g/mol. The van der Waals surface area contributed by atoms with Crippen molar-refractivity contribution in [2.45, 2.75) is 12.3 Å². The average Bonchev–Trinajstić information content (AvgIpc) is 3.19. The van der Waals surface area contributed by atoms with Crippen LogP contribution in [0.25, 0.3) is 16.6 Å². The Labute approximate surface area is 140 Å². The van der Waals surface area contributed by atoms with Gasteiger partial charge in [-0.25, -0.2) is 4.79 Å². The summed E-state index contributed by atoms with van der Waals surface area (Å²) < 4.78 is 1.96. The summed E-state index contributed by atoms with van der Waals surface area (Å²) in [6.45, 7) is 2.26. The van der Waals surface area contributed by atoms with Crippen LogP contribution in [-0.2, 0) is 0 Å². The fraction of sp³-hybridized carbons (Fsp3) is 0.250. The monoisotopic (exact) mass is 320 g/mol. The van der Waals surface area contributed by atoms with E-state index < -0.39 is 5.97 Å². The highest BCUT2D eigenvalue weighted by Crippen LogP contribution is 2.29. The van der Waals surface area contributed by atoms with Gasteiger partial charge in [0.2, 0.25) is 0 Å². The number of nitrogens with zero attached hydrogens (tertiary/aromatic N) is 2. The maximum absolute atomic E-state index is 11.5.